The lowest BCUT2D eigenvalue weighted by molar-refractivity contribution is 0.274. The van der Waals surface area contributed by atoms with Crippen molar-refractivity contribution in [2.24, 2.45) is 5.73 Å². The first-order valence-corrected chi connectivity index (χ1v) is 7.70. The fourth-order valence-electron chi connectivity index (χ4n) is 2.50. The maximum atomic E-state index is 9.29. The Morgan fingerprint density at radius 3 is 2.81 bits per heavy atom. The molecule has 0 spiro atoms. The van der Waals surface area contributed by atoms with E-state index < -0.39 is 0 Å². The molecule has 0 bridgehead atoms. The minimum absolute atomic E-state index is 0.0748. The second-order valence-corrected chi connectivity index (χ2v) is 5.24. The first-order valence-electron chi connectivity index (χ1n) is 7.70. The molecule has 1 heterocycles. The Morgan fingerprint density at radius 1 is 1.33 bits per heavy atom. The van der Waals surface area contributed by atoms with E-state index in [0.29, 0.717) is 13.2 Å². The van der Waals surface area contributed by atoms with Crippen LogP contribution < -0.4 is 10.5 Å². The molecule has 0 saturated heterocycles. The molecule has 2 aromatic rings. The van der Waals surface area contributed by atoms with Gasteiger partial charge < -0.3 is 20.1 Å². The number of benzene rings is 1. The Hall–Kier alpha value is -1.59. The number of aliphatic hydroxyl groups is 1. The van der Waals surface area contributed by atoms with Crippen LogP contribution in [-0.2, 0) is 6.54 Å². The van der Waals surface area contributed by atoms with Gasteiger partial charge in [0.15, 0.2) is 0 Å². The molecule has 0 aliphatic heterocycles. The molecule has 5 nitrogen and oxygen atoms in total. The van der Waals surface area contributed by atoms with Crippen molar-refractivity contribution in [1.82, 2.24) is 9.55 Å². The van der Waals surface area contributed by atoms with Crippen molar-refractivity contribution < 1.29 is 9.84 Å². The molecule has 1 aromatic heterocycles. The lowest BCUT2D eigenvalue weighted by atomic mass is 10.2. The Morgan fingerprint density at radius 2 is 2.14 bits per heavy atom. The molecular weight excluding hydrogens is 266 g/mol. The van der Waals surface area contributed by atoms with Crippen LogP contribution in [-0.4, -0.2) is 27.9 Å². The average Bonchev–Trinajstić information content (AvgIpc) is 2.84. The van der Waals surface area contributed by atoms with E-state index >= 15 is 0 Å². The molecule has 1 unspecified atom stereocenters. The second kappa shape index (κ2) is 7.43. The Labute approximate surface area is 125 Å². The third-order valence-electron chi connectivity index (χ3n) is 3.48. The summed E-state index contributed by atoms with van der Waals surface area (Å²) < 4.78 is 7.66. The van der Waals surface area contributed by atoms with Crippen LogP contribution in [0.1, 0.15) is 45.0 Å². The van der Waals surface area contributed by atoms with Crippen LogP contribution in [0.3, 0.4) is 0 Å². The van der Waals surface area contributed by atoms with Crippen LogP contribution in [0.15, 0.2) is 18.2 Å². The second-order valence-electron chi connectivity index (χ2n) is 5.24. The zero-order chi connectivity index (χ0) is 15.2. The predicted molar refractivity (Wildman–Crippen MR) is 84.4 cm³/mol. The first kappa shape index (κ1) is 15.8. The van der Waals surface area contributed by atoms with Crippen LogP contribution in [0.5, 0.6) is 5.75 Å². The van der Waals surface area contributed by atoms with Gasteiger partial charge in [0.2, 0.25) is 0 Å². The highest BCUT2D eigenvalue weighted by atomic mass is 16.5. The summed E-state index contributed by atoms with van der Waals surface area (Å²) in [5.41, 5.74) is 8.09. The molecule has 1 aromatic carbocycles. The number of aliphatic hydroxyl groups excluding tert-OH is 1. The van der Waals surface area contributed by atoms with Gasteiger partial charge in [-0.25, -0.2) is 4.98 Å². The van der Waals surface area contributed by atoms with Crippen molar-refractivity contribution in [3.8, 4) is 5.75 Å². The lowest BCUT2D eigenvalue weighted by Gasteiger charge is -2.13. The predicted octanol–water partition coefficient (Wildman–Crippen LogP) is 2.62. The summed E-state index contributed by atoms with van der Waals surface area (Å²) >= 11 is 0. The Bertz CT molecular complexity index is 580. The highest BCUT2D eigenvalue weighted by Crippen LogP contribution is 2.25. The fraction of sp³-hybridized carbons (Fsp3) is 0.562. The van der Waals surface area contributed by atoms with Gasteiger partial charge in [-0.1, -0.05) is 20.3 Å². The van der Waals surface area contributed by atoms with Crippen LogP contribution in [0.2, 0.25) is 0 Å². The number of hydrogen-bond donors (Lipinski definition) is 2. The number of fused-ring (bicyclic) bond motifs is 1. The molecule has 5 heteroatoms. The van der Waals surface area contributed by atoms with Gasteiger partial charge in [0, 0.05) is 12.6 Å². The lowest BCUT2D eigenvalue weighted by Crippen LogP contribution is -2.17. The minimum atomic E-state index is -0.103. The van der Waals surface area contributed by atoms with Gasteiger partial charge >= 0.3 is 0 Å². The molecule has 0 aliphatic carbocycles. The number of ether oxygens (including phenoxy) is 1. The normalized spacial score (nSPS) is 12.8. The zero-order valence-corrected chi connectivity index (χ0v) is 12.9. The Balaban J connectivity index is 2.40. The van der Waals surface area contributed by atoms with E-state index in [1.54, 1.807) is 0 Å². The largest absolute Gasteiger partial charge is 0.494 e. The molecule has 0 fully saturated rings. The van der Waals surface area contributed by atoms with E-state index in [0.717, 1.165) is 41.9 Å². The molecule has 2 rings (SSSR count). The molecule has 0 saturated carbocycles. The fourth-order valence-corrected chi connectivity index (χ4v) is 2.50. The maximum absolute atomic E-state index is 9.29. The van der Waals surface area contributed by atoms with Gasteiger partial charge in [0.1, 0.15) is 11.6 Å². The minimum Gasteiger partial charge on any atom is -0.494 e. The van der Waals surface area contributed by atoms with Gasteiger partial charge in [-0.2, -0.15) is 0 Å². The highest BCUT2D eigenvalue weighted by molar-refractivity contribution is 5.78. The van der Waals surface area contributed by atoms with Gasteiger partial charge in [-0.3, -0.25) is 0 Å². The van der Waals surface area contributed by atoms with Crippen LogP contribution in [0.25, 0.3) is 11.0 Å². The van der Waals surface area contributed by atoms with E-state index in [1.165, 1.54) is 0 Å². The van der Waals surface area contributed by atoms with E-state index in [-0.39, 0.29) is 12.6 Å². The molecule has 0 aliphatic rings. The summed E-state index contributed by atoms with van der Waals surface area (Å²) in [5.74, 6) is 1.67. The third-order valence-corrected chi connectivity index (χ3v) is 3.48. The number of imidazole rings is 1. The zero-order valence-electron chi connectivity index (χ0n) is 12.9. The number of hydrogen-bond acceptors (Lipinski definition) is 4. The SMILES string of the molecule is CCCOc1ccc2c(c1)nc(C(N)CCC)n2CCO. The van der Waals surface area contributed by atoms with E-state index in [4.69, 9.17) is 10.5 Å². The smallest absolute Gasteiger partial charge is 0.126 e. The van der Waals surface area contributed by atoms with Crippen molar-refractivity contribution in [2.75, 3.05) is 13.2 Å². The van der Waals surface area contributed by atoms with E-state index in [9.17, 15) is 5.11 Å². The molecular formula is C16H25N3O2. The van der Waals surface area contributed by atoms with Gasteiger partial charge in [0.05, 0.1) is 30.3 Å². The quantitative estimate of drug-likeness (QED) is 0.784. The highest BCUT2D eigenvalue weighted by Gasteiger charge is 2.16. The third kappa shape index (κ3) is 3.54. The molecule has 1 atom stereocenters. The number of nitrogens with zero attached hydrogens (tertiary/aromatic N) is 2. The summed E-state index contributed by atoms with van der Waals surface area (Å²) in [6.45, 7) is 5.47. The summed E-state index contributed by atoms with van der Waals surface area (Å²) in [4.78, 5) is 4.67. The van der Waals surface area contributed by atoms with Crippen molar-refractivity contribution >= 4 is 11.0 Å². The van der Waals surface area contributed by atoms with Crippen molar-refractivity contribution in [1.29, 1.82) is 0 Å². The molecule has 116 valence electrons. The molecule has 3 N–H and O–H groups in total. The van der Waals surface area contributed by atoms with Crippen LogP contribution >= 0.6 is 0 Å². The number of rotatable bonds is 8. The average molecular weight is 291 g/mol. The summed E-state index contributed by atoms with van der Waals surface area (Å²) in [6, 6.07) is 5.78. The topological polar surface area (TPSA) is 73.3 Å². The Kier molecular flexibility index (Phi) is 5.59. The first-order chi connectivity index (χ1) is 10.2. The van der Waals surface area contributed by atoms with Crippen molar-refractivity contribution in [3.05, 3.63) is 24.0 Å². The standard InChI is InChI=1S/C16H25N3O2/c1-3-5-13(17)16-18-14-11-12(21-10-4-2)6-7-15(14)19(16)8-9-20/h6-7,11,13,20H,3-5,8-10,17H2,1-2H3. The molecule has 0 amide bonds. The summed E-state index contributed by atoms with van der Waals surface area (Å²) in [5, 5.41) is 9.29. The maximum Gasteiger partial charge on any atom is 0.126 e. The summed E-state index contributed by atoms with van der Waals surface area (Å²) in [6.07, 6.45) is 2.87. The number of nitrogens with two attached hydrogens (primary N) is 1. The van der Waals surface area contributed by atoms with Gasteiger partial charge in [0.25, 0.3) is 0 Å². The van der Waals surface area contributed by atoms with E-state index in [2.05, 4.69) is 18.8 Å². The number of aromatic nitrogens is 2. The molecule has 0 radical (unpaired) electrons. The van der Waals surface area contributed by atoms with E-state index in [1.807, 2.05) is 22.8 Å². The van der Waals surface area contributed by atoms with Crippen molar-refractivity contribution in [2.45, 2.75) is 45.7 Å². The summed E-state index contributed by atoms with van der Waals surface area (Å²) in [7, 11) is 0. The van der Waals surface area contributed by atoms with Gasteiger partial charge in [-0.15, -0.1) is 0 Å². The monoisotopic (exact) mass is 291 g/mol. The molecule has 21 heavy (non-hydrogen) atoms. The van der Waals surface area contributed by atoms with Crippen molar-refractivity contribution in [3.63, 3.8) is 0 Å². The van der Waals surface area contributed by atoms with Crippen LogP contribution in [0.4, 0.5) is 0 Å². The van der Waals surface area contributed by atoms with Gasteiger partial charge in [-0.05, 0) is 25.0 Å². The van der Waals surface area contributed by atoms with Crippen LogP contribution in [0, 0.1) is 0 Å².